The molecule has 4 rings (SSSR count). The number of aromatic nitrogens is 2. The van der Waals surface area contributed by atoms with Crippen molar-refractivity contribution in [2.24, 2.45) is 5.92 Å². The molecule has 0 unspecified atom stereocenters. The lowest BCUT2D eigenvalue weighted by Gasteiger charge is -2.17. The first-order chi connectivity index (χ1) is 12.5. The second kappa shape index (κ2) is 6.85. The van der Waals surface area contributed by atoms with Crippen molar-refractivity contribution in [3.8, 4) is 11.5 Å². The molecular formula is C18H19N3O3S2. The fourth-order valence-corrected chi connectivity index (χ4v) is 4.81. The van der Waals surface area contributed by atoms with Gasteiger partial charge in [-0.05, 0) is 12.8 Å². The quantitative estimate of drug-likeness (QED) is 0.721. The van der Waals surface area contributed by atoms with Crippen LogP contribution in [0.15, 0.2) is 12.1 Å². The molecule has 3 heterocycles. The first kappa shape index (κ1) is 17.2. The summed E-state index contributed by atoms with van der Waals surface area (Å²) in [7, 11) is 0. The second-order valence-corrected chi connectivity index (χ2v) is 8.67. The highest BCUT2D eigenvalue weighted by atomic mass is 32.1. The van der Waals surface area contributed by atoms with Gasteiger partial charge in [0.25, 0.3) is 5.91 Å². The van der Waals surface area contributed by atoms with E-state index >= 15 is 0 Å². The summed E-state index contributed by atoms with van der Waals surface area (Å²) in [5, 5.41) is 4.46. The van der Waals surface area contributed by atoms with E-state index in [0.717, 1.165) is 33.1 Å². The summed E-state index contributed by atoms with van der Waals surface area (Å²) in [5.41, 5.74) is 1.55. The van der Waals surface area contributed by atoms with E-state index in [9.17, 15) is 4.79 Å². The largest absolute Gasteiger partial charge is 0.486 e. The highest BCUT2D eigenvalue weighted by molar-refractivity contribution is 7.22. The molecule has 1 N–H and O–H groups in total. The molecule has 6 nitrogen and oxygen atoms in total. The van der Waals surface area contributed by atoms with Crippen LogP contribution < -0.4 is 14.8 Å². The number of hydrogen-bond acceptors (Lipinski definition) is 7. The monoisotopic (exact) mass is 389 g/mol. The number of hydrogen-bond donors (Lipinski definition) is 1. The zero-order chi connectivity index (χ0) is 18.3. The van der Waals surface area contributed by atoms with Gasteiger partial charge in [0.15, 0.2) is 16.6 Å². The Labute approximate surface area is 159 Å². The Morgan fingerprint density at radius 2 is 1.92 bits per heavy atom. The number of carbonyl (C=O) groups excluding carboxylic acids is 1. The number of amides is 1. The van der Waals surface area contributed by atoms with Crippen LogP contribution in [-0.4, -0.2) is 29.1 Å². The number of benzene rings is 1. The van der Waals surface area contributed by atoms with Gasteiger partial charge in [0.2, 0.25) is 0 Å². The highest BCUT2D eigenvalue weighted by Gasteiger charge is 2.19. The number of ether oxygens (including phenoxy) is 2. The molecule has 8 heteroatoms. The first-order valence-corrected chi connectivity index (χ1v) is 10.1. The molecule has 0 saturated carbocycles. The maximum atomic E-state index is 12.6. The standard InChI is InChI=1S/C18H19N3O3S2/c1-9(2)6-15-19-10(3)16(26-15)17(22)21-18-20-11-7-12-13(8-14(11)25-18)24-5-4-23-12/h7-9H,4-6H2,1-3H3,(H,20,21,22). The third kappa shape index (κ3) is 3.39. The Hall–Kier alpha value is -2.19. The fraction of sp³-hybridized carbons (Fsp3) is 0.389. The number of nitrogens with zero attached hydrogens (tertiary/aromatic N) is 2. The Kier molecular flexibility index (Phi) is 4.54. The Balaban J connectivity index is 1.57. The minimum Gasteiger partial charge on any atom is -0.486 e. The van der Waals surface area contributed by atoms with Crippen molar-refractivity contribution < 1.29 is 14.3 Å². The Bertz CT molecular complexity index is 935. The van der Waals surface area contributed by atoms with Gasteiger partial charge in [-0.2, -0.15) is 0 Å². The molecule has 0 fully saturated rings. The topological polar surface area (TPSA) is 73.3 Å². The fourth-order valence-electron chi connectivity index (χ4n) is 2.77. The zero-order valence-electron chi connectivity index (χ0n) is 14.8. The van der Waals surface area contributed by atoms with Gasteiger partial charge < -0.3 is 9.47 Å². The summed E-state index contributed by atoms with van der Waals surface area (Å²) in [6.07, 6.45) is 0.880. The predicted molar refractivity (Wildman–Crippen MR) is 104 cm³/mol. The molecule has 0 saturated heterocycles. The second-order valence-electron chi connectivity index (χ2n) is 6.56. The zero-order valence-corrected chi connectivity index (χ0v) is 16.4. The number of nitrogens with one attached hydrogen (secondary N) is 1. The van der Waals surface area contributed by atoms with E-state index in [1.54, 1.807) is 0 Å². The van der Waals surface area contributed by atoms with Crippen molar-refractivity contribution in [3.63, 3.8) is 0 Å². The van der Waals surface area contributed by atoms with Crippen molar-refractivity contribution in [3.05, 3.63) is 27.7 Å². The van der Waals surface area contributed by atoms with Crippen LogP contribution in [0.2, 0.25) is 0 Å². The summed E-state index contributed by atoms with van der Waals surface area (Å²) in [6, 6.07) is 3.77. The average Bonchev–Trinajstić information content (AvgIpc) is 3.14. The maximum Gasteiger partial charge on any atom is 0.269 e. The molecule has 0 spiro atoms. The highest BCUT2D eigenvalue weighted by Crippen LogP contribution is 2.38. The van der Waals surface area contributed by atoms with Crippen molar-refractivity contribution in [2.75, 3.05) is 18.5 Å². The van der Waals surface area contributed by atoms with E-state index in [-0.39, 0.29) is 5.91 Å². The number of fused-ring (bicyclic) bond motifs is 2. The normalized spacial score (nSPS) is 13.4. The summed E-state index contributed by atoms with van der Waals surface area (Å²) < 4.78 is 12.1. The van der Waals surface area contributed by atoms with Gasteiger partial charge in [-0.1, -0.05) is 25.2 Å². The van der Waals surface area contributed by atoms with Crippen molar-refractivity contribution in [1.82, 2.24) is 9.97 Å². The number of aryl methyl sites for hydroxylation is 1. The van der Waals surface area contributed by atoms with Crippen LogP contribution in [0.4, 0.5) is 5.13 Å². The lowest BCUT2D eigenvalue weighted by Crippen LogP contribution is -2.15. The van der Waals surface area contributed by atoms with Crippen molar-refractivity contribution >= 4 is 43.9 Å². The van der Waals surface area contributed by atoms with Gasteiger partial charge in [-0.25, -0.2) is 9.97 Å². The van der Waals surface area contributed by atoms with Gasteiger partial charge in [0.05, 0.1) is 20.9 Å². The molecule has 0 bridgehead atoms. The average molecular weight is 390 g/mol. The van der Waals surface area contributed by atoms with Crippen LogP contribution >= 0.6 is 22.7 Å². The summed E-state index contributed by atoms with van der Waals surface area (Å²) in [5.74, 6) is 1.77. The van der Waals surface area contributed by atoms with E-state index in [1.807, 2.05) is 19.1 Å². The van der Waals surface area contributed by atoms with Gasteiger partial charge in [-0.3, -0.25) is 10.1 Å². The van der Waals surface area contributed by atoms with Crippen LogP contribution in [0, 0.1) is 12.8 Å². The molecule has 0 radical (unpaired) electrons. The van der Waals surface area contributed by atoms with Gasteiger partial charge in [0, 0.05) is 18.6 Å². The van der Waals surface area contributed by atoms with E-state index < -0.39 is 0 Å². The lowest BCUT2D eigenvalue weighted by atomic mass is 10.1. The maximum absolute atomic E-state index is 12.6. The molecule has 0 atom stereocenters. The van der Waals surface area contributed by atoms with E-state index in [2.05, 4.69) is 29.1 Å². The van der Waals surface area contributed by atoms with Crippen molar-refractivity contribution in [2.45, 2.75) is 27.2 Å². The van der Waals surface area contributed by atoms with Crippen molar-refractivity contribution in [1.29, 1.82) is 0 Å². The SMILES string of the molecule is Cc1nc(CC(C)C)sc1C(=O)Nc1nc2cc3c(cc2s1)OCCO3. The van der Waals surface area contributed by atoms with E-state index in [0.29, 0.717) is 34.9 Å². The van der Waals surface area contributed by atoms with Gasteiger partial charge in [0.1, 0.15) is 18.1 Å². The smallest absolute Gasteiger partial charge is 0.269 e. The van der Waals surface area contributed by atoms with E-state index in [4.69, 9.17) is 9.47 Å². The molecule has 1 amide bonds. The van der Waals surface area contributed by atoms with Crippen LogP contribution in [0.25, 0.3) is 10.2 Å². The van der Waals surface area contributed by atoms with Crippen LogP contribution in [-0.2, 0) is 6.42 Å². The van der Waals surface area contributed by atoms with E-state index in [1.165, 1.54) is 22.7 Å². The lowest BCUT2D eigenvalue weighted by molar-refractivity contribution is 0.103. The number of anilines is 1. The third-order valence-electron chi connectivity index (χ3n) is 3.90. The first-order valence-electron chi connectivity index (χ1n) is 8.47. The Morgan fingerprint density at radius 1 is 1.19 bits per heavy atom. The molecule has 2 aromatic heterocycles. The Morgan fingerprint density at radius 3 is 2.65 bits per heavy atom. The molecule has 0 aliphatic carbocycles. The number of carbonyl (C=O) groups is 1. The van der Waals surface area contributed by atoms with Gasteiger partial charge >= 0.3 is 0 Å². The molecule has 26 heavy (non-hydrogen) atoms. The molecule has 1 aromatic carbocycles. The van der Waals surface area contributed by atoms with Gasteiger partial charge in [-0.15, -0.1) is 11.3 Å². The number of thiazole rings is 2. The molecule has 1 aliphatic rings. The summed E-state index contributed by atoms with van der Waals surface area (Å²) >= 11 is 2.88. The third-order valence-corrected chi connectivity index (χ3v) is 6.01. The van der Waals surface area contributed by atoms with Crippen LogP contribution in [0.3, 0.4) is 0 Å². The number of rotatable bonds is 4. The molecule has 136 valence electrons. The molecular weight excluding hydrogens is 370 g/mol. The summed E-state index contributed by atoms with van der Waals surface area (Å²) in [6.45, 7) is 7.24. The molecule has 1 aliphatic heterocycles. The minimum atomic E-state index is -0.161. The molecule has 3 aromatic rings. The van der Waals surface area contributed by atoms with Crippen LogP contribution in [0.1, 0.15) is 34.2 Å². The van der Waals surface area contributed by atoms with Crippen LogP contribution in [0.5, 0.6) is 11.5 Å². The minimum absolute atomic E-state index is 0.161. The summed E-state index contributed by atoms with van der Waals surface area (Å²) in [4.78, 5) is 22.3. The predicted octanol–water partition coefficient (Wildman–Crippen LogP) is 4.28.